The average molecular weight is 596 g/mol. The van der Waals surface area contributed by atoms with Crippen molar-refractivity contribution in [2.24, 2.45) is 23.5 Å². The molecule has 11 nitrogen and oxygen atoms in total. The Morgan fingerprint density at radius 3 is 2.33 bits per heavy atom. The average Bonchev–Trinajstić information content (AvgIpc) is 3.50. The number of esters is 1. The topological polar surface area (TPSA) is 194 Å². The van der Waals surface area contributed by atoms with Crippen molar-refractivity contribution in [3.63, 3.8) is 0 Å². The third-order valence-electron chi connectivity index (χ3n) is 10.1. The van der Waals surface area contributed by atoms with Gasteiger partial charge in [-0.2, -0.15) is 0 Å². The number of phenolic OH excluding ortho intramolecular Hbond substituents is 1. The molecule has 0 heterocycles. The number of hydrogen-bond donors (Lipinski definition) is 5. The molecular weight excluding hydrogens is 558 g/mol. The van der Waals surface area contributed by atoms with Gasteiger partial charge in [0.05, 0.1) is 24.2 Å². The number of rotatable bonds is 6. The number of Topliss-reactive ketones (excluding diaryl/α,β-unsaturated/α-hetero) is 2. The Balaban J connectivity index is 1.53. The van der Waals surface area contributed by atoms with Crippen LogP contribution < -0.4 is 5.73 Å². The number of carbonyl (C=O) groups is 4. The van der Waals surface area contributed by atoms with Gasteiger partial charge in [-0.1, -0.05) is 44.2 Å². The van der Waals surface area contributed by atoms with Gasteiger partial charge in [0.25, 0.3) is 5.91 Å². The summed E-state index contributed by atoms with van der Waals surface area (Å²) in [5, 5.41) is 45.5. The van der Waals surface area contributed by atoms with Gasteiger partial charge in [0.1, 0.15) is 28.9 Å². The molecule has 43 heavy (non-hydrogen) atoms. The lowest BCUT2D eigenvalue weighted by molar-refractivity contribution is -0.183. The van der Waals surface area contributed by atoms with Crippen molar-refractivity contribution in [2.45, 2.75) is 87.9 Å². The highest BCUT2D eigenvalue weighted by Gasteiger charge is 2.66. The number of aromatic hydroxyl groups is 1. The largest absolute Gasteiger partial charge is 0.508 e. The molecule has 0 radical (unpaired) electrons. The van der Waals surface area contributed by atoms with Crippen molar-refractivity contribution in [3.8, 4) is 5.75 Å². The van der Waals surface area contributed by atoms with E-state index in [9.17, 15) is 39.6 Å². The molecule has 0 bridgehead atoms. The molecule has 0 aliphatic heterocycles. The molecule has 230 valence electrons. The Labute approximate surface area is 248 Å². The zero-order chi connectivity index (χ0) is 30.6. The van der Waals surface area contributed by atoms with Crippen LogP contribution in [0.3, 0.4) is 0 Å². The molecule has 6 rings (SSSR count). The summed E-state index contributed by atoms with van der Waals surface area (Å²) in [5.74, 6) is -9.86. The maximum Gasteiger partial charge on any atom is 0.309 e. The smallest absolute Gasteiger partial charge is 0.309 e. The van der Waals surface area contributed by atoms with Crippen LogP contribution in [-0.4, -0.2) is 68.3 Å². The fraction of sp³-hybridized carbons (Fsp3) is 0.562. The second-order valence-corrected chi connectivity index (χ2v) is 12.5. The minimum Gasteiger partial charge on any atom is -0.508 e. The van der Waals surface area contributed by atoms with Gasteiger partial charge in [-0.3, -0.25) is 19.2 Å². The molecule has 1 amide bonds. The highest BCUT2D eigenvalue weighted by Crippen LogP contribution is 2.57. The maximum absolute atomic E-state index is 14.3. The number of fused-ring (bicyclic) bond motifs is 3. The first-order chi connectivity index (χ1) is 20.6. The summed E-state index contributed by atoms with van der Waals surface area (Å²) < 4.78 is 12.4. The minimum atomic E-state index is -2.89. The van der Waals surface area contributed by atoms with Gasteiger partial charge in [-0.25, -0.2) is 0 Å². The Morgan fingerprint density at radius 1 is 0.977 bits per heavy atom. The molecule has 5 aliphatic carbocycles. The van der Waals surface area contributed by atoms with Crippen molar-refractivity contribution in [1.82, 2.24) is 0 Å². The Bertz CT molecular complexity index is 1430. The van der Waals surface area contributed by atoms with Crippen LogP contribution in [0.5, 0.6) is 5.75 Å². The van der Waals surface area contributed by atoms with Gasteiger partial charge in [-0.05, 0) is 37.3 Å². The quantitative estimate of drug-likeness (QED) is 0.241. The number of phenols is 1. The van der Waals surface area contributed by atoms with Crippen LogP contribution in [-0.2, 0) is 28.7 Å². The maximum atomic E-state index is 14.3. The SMILES string of the molecule is NC(=O)C1=C(O)[C@@]2(O)C(=O)C3=C(O)c4c(O)cccc4[C@H](COC4CCCC4)[C@H]3[C@H](OC(=O)C3CCCCC3)[C@H]2CC1=O. The third-order valence-corrected chi connectivity index (χ3v) is 10.1. The number of amides is 1. The summed E-state index contributed by atoms with van der Waals surface area (Å²) in [4.78, 5) is 53.2. The first-order valence-electron chi connectivity index (χ1n) is 15.2. The van der Waals surface area contributed by atoms with Crippen molar-refractivity contribution in [1.29, 1.82) is 0 Å². The van der Waals surface area contributed by atoms with Gasteiger partial charge in [0, 0.05) is 29.7 Å². The highest BCUT2D eigenvalue weighted by molar-refractivity contribution is 6.23. The number of ketones is 2. The zero-order valence-corrected chi connectivity index (χ0v) is 23.8. The summed E-state index contributed by atoms with van der Waals surface area (Å²) >= 11 is 0. The molecule has 3 fully saturated rings. The first-order valence-corrected chi connectivity index (χ1v) is 15.2. The number of nitrogens with two attached hydrogens (primary N) is 1. The van der Waals surface area contributed by atoms with E-state index in [1.807, 2.05) is 0 Å². The van der Waals surface area contributed by atoms with E-state index in [0.29, 0.717) is 18.4 Å². The number of hydrogen-bond acceptors (Lipinski definition) is 10. The highest BCUT2D eigenvalue weighted by atomic mass is 16.5. The molecule has 5 atom stereocenters. The van der Waals surface area contributed by atoms with Gasteiger partial charge in [0.2, 0.25) is 5.78 Å². The number of primary amides is 1. The predicted octanol–water partition coefficient (Wildman–Crippen LogP) is 3.03. The monoisotopic (exact) mass is 595 g/mol. The minimum absolute atomic E-state index is 0.0352. The van der Waals surface area contributed by atoms with E-state index in [1.54, 1.807) is 12.1 Å². The van der Waals surface area contributed by atoms with Crippen LogP contribution in [0.25, 0.3) is 5.76 Å². The van der Waals surface area contributed by atoms with Crippen LogP contribution in [0.2, 0.25) is 0 Å². The van der Waals surface area contributed by atoms with Gasteiger partial charge in [-0.15, -0.1) is 0 Å². The van der Waals surface area contributed by atoms with E-state index in [2.05, 4.69) is 0 Å². The second kappa shape index (κ2) is 11.1. The Kier molecular flexibility index (Phi) is 7.58. The lowest BCUT2D eigenvalue weighted by Crippen LogP contribution is -2.65. The number of carbonyl (C=O) groups excluding carboxylic acids is 4. The third kappa shape index (κ3) is 4.64. The lowest BCUT2D eigenvalue weighted by atomic mass is 9.55. The molecule has 1 aromatic rings. The van der Waals surface area contributed by atoms with E-state index in [0.717, 1.165) is 44.9 Å². The van der Waals surface area contributed by atoms with Gasteiger partial charge < -0.3 is 35.6 Å². The molecule has 1 aromatic carbocycles. The molecule has 3 saturated carbocycles. The molecule has 0 saturated heterocycles. The summed E-state index contributed by atoms with van der Waals surface area (Å²) in [6, 6.07) is 4.62. The Hall–Kier alpha value is -3.70. The van der Waals surface area contributed by atoms with Crippen LogP contribution in [0.4, 0.5) is 0 Å². The van der Waals surface area contributed by atoms with Crippen LogP contribution in [0.15, 0.2) is 35.1 Å². The normalized spacial score (nSPS) is 31.5. The predicted molar refractivity (Wildman–Crippen MR) is 150 cm³/mol. The summed E-state index contributed by atoms with van der Waals surface area (Å²) in [6.45, 7) is 0.0424. The zero-order valence-electron chi connectivity index (χ0n) is 23.8. The van der Waals surface area contributed by atoms with Crippen molar-refractivity contribution in [2.75, 3.05) is 6.61 Å². The Morgan fingerprint density at radius 2 is 1.65 bits per heavy atom. The van der Waals surface area contributed by atoms with Gasteiger partial charge in [0.15, 0.2) is 11.4 Å². The standard InChI is InChI=1S/C32H37NO10/c33-30(39)24-21(35)13-19-27(43-31(40)15-7-2-1-3-8-15)23-18(14-42-16-9-4-5-10-16)17-11-6-12-20(34)22(17)26(36)25(23)29(38)32(19,41)28(24)37/h6,11-12,15-16,18-19,23,27,34,36-37,41H,1-5,7-10,13-14H2,(H2,33,39)/t18-,19+,23+,27+,32+/m0/s1. The van der Waals surface area contributed by atoms with Gasteiger partial charge >= 0.3 is 5.97 Å². The van der Waals surface area contributed by atoms with E-state index in [4.69, 9.17) is 15.2 Å². The summed E-state index contributed by atoms with van der Waals surface area (Å²) in [5.41, 5.74) is 1.59. The molecular formula is C32H37NO10. The van der Waals surface area contributed by atoms with Crippen molar-refractivity contribution >= 4 is 29.2 Å². The number of aliphatic hydroxyl groups excluding tert-OH is 2. The fourth-order valence-corrected chi connectivity index (χ4v) is 7.96. The molecule has 0 spiro atoms. The van der Waals surface area contributed by atoms with E-state index in [-0.39, 0.29) is 29.6 Å². The van der Waals surface area contributed by atoms with Crippen LogP contribution >= 0.6 is 0 Å². The first kappa shape index (κ1) is 29.4. The van der Waals surface area contributed by atoms with Crippen molar-refractivity contribution in [3.05, 3.63) is 46.2 Å². The van der Waals surface area contributed by atoms with Crippen LogP contribution in [0, 0.1) is 17.8 Å². The van der Waals surface area contributed by atoms with E-state index < -0.39 is 82.3 Å². The van der Waals surface area contributed by atoms with E-state index >= 15 is 0 Å². The molecule has 5 aliphatic rings. The molecule has 11 heteroatoms. The lowest BCUT2D eigenvalue weighted by Gasteiger charge is -2.52. The molecule has 0 aromatic heterocycles. The van der Waals surface area contributed by atoms with E-state index in [1.165, 1.54) is 6.07 Å². The summed E-state index contributed by atoms with van der Waals surface area (Å²) in [6.07, 6.45) is 5.54. The molecule has 0 unspecified atom stereocenters. The van der Waals surface area contributed by atoms with Crippen LogP contribution in [0.1, 0.15) is 81.3 Å². The number of benzene rings is 1. The number of aliphatic hydroxyl groups is 3. The second-order valence-electron chi connectivity index (χ2n) is 12.5. The number of ether oxygens (including phenoxy) is 2. The van der Waals surface area contributed by atoms with Crippen molar-refractivity contribution < 1.29 is 49.1 Å². The summed E-state index contributed by atoms with van der Waals surface area (Å²) in [7, 11) is 0. The molecule has 6 N–H and O–H groups in total. The fourth-order valence-electron chi connectivity index (χ4n) is 7.96.